The van der Waals surface area contributed by atoms with Crippen molar-refractivity contribution in [1.82, 2.24) is 20.4 Å². The van der Waals surface area contributed by atoms with E-state index in [1.807, 2.05) is 25.4 Å². The molecule has 3 aromatic rings. The van der Waals surface area contributed by atoms with Gasteiger partial charge in [0.05, 0.1) is 22.1 Å². The molecule has 0 radical (unpaired) electrons. The Balaban J connectivity index is 1.64. The van der Waals surface area contributed by atoms with E-state index < -0.39 is 0 Å². The number of rotatable bonds is 8. The Kier molecular flexibility index (Phi) is 7.77. The number of benzene rings is 1. The summed E-state index contributed by atoms with van der Waals surface area (Å²) < 4.78 is 2.13. The average Bonchev–Trinajstić information content (AvgIpc) is 3.47. The van der Waals surface area contributed by atoms with Crippen LogP contribution in [0.15, 0.2) is 59.1 Å². The van der Waals surface area contributed by atoms with E-state index >= 15 is 0 Å². The molecule has 1 saturated carbocycles. The van der Waals surface area contributed by atoms with Gasteiger partial charge >= 0.3 is 0 Å². The van der Waals surface area contributed by atoms with E-state index in [9.17, 15) is 0 Å². The summed E-state index contributed by atoms with van der Waals surface area (Å²) in [6, 6.07) is 12.8. The Morgan fingerprint density at radius 2 is 1.97 bits per heavy atom. The van der Waals surface area contributed by atoms with Crippen molar-refractivity contribution in [2.45, 2.75) is 49.6 Å². The van der Waals surface area contributed by atoms with E-state index in [4.69, 9.17) is 15.8 Å². The summed E-state index contributed by atoms with van der Waals surface area (Å²) in [6.45, 7) is 4.79. The minimum atomic E-state index is 0.392. The molecule has 0 spiro atoms. The van der Waals surface area contributed by atoms with Crippen molar-refractivity contribution >= 4 is 45.5 Å². The van der Waals surface area contributed by atoms with Crippen molar-refractivity contribution in [3.8, 4) is 0 Å². The minimum Gasteiger partial charge on any atom is -0.391 e. The SMILES string of the molecule is C=C(NCc1cnn(C2CCCCC2)c1/N=C(\NC)c1ccc(SC)cc1)c1ccc(N)s1. The van der Waals surface area contributed by atoms with Gasteiger partial charge < -0.3 is 16.4 Å². The highest BCUT2D eigenvalue weighted by molar-refractivity contribution is 7.98. The molecule has 0 amide bonds. The van der Waals surface area contributed by atoms with Crippen molar-refractivity contribution in [2.75, 3.05) is 19.0 Å². The number of thioether (sulfide) groups is 1. The van der Waals surface area contributed by atoms with Crippen LogP contribution < -0.4 is 16.4 Å². The number of aromatic nitrogens is 2. The fourth-order valence-corrected chi connectivity index (χ4v) is 5.29. The Bertz CT molecular complexity index is 1110. The first-order valence-electron chi connectivity index (χ1n) is 11.3. The first-order chi connectivity index (χ1) is 16.1. The first-order valence-corrected chi connectivity index (χ1v) is 13.4. The zero-order valence-corrected chi connectivity index (χ0v) is 20.9. The predicted octanol–water partition coefficient (Wildman–Crippen LogP) is 5.81. The lowest BCUT2D eigenvalue weighted by Gasteiger charge is -2.23. The summed E-state index contributed by atoms with van der Waals surface area (Å²) in [5, 5.41) is 12.3. The van der Waals surface area contributed by atoms with E-state index in [-0.39, 0.29) is 0 Å². The number of hydrogen-bond donors (Lipinski definition) is 3. The van der Waals surface area contributed by atoms with Crippen LogP contribution in [0.4, 0.5) is 10.8 Å². The zero-order chi connectivity index (χ0) is 23.2. The molecule has 1 fully saturated rings. The van der Waals surface area contributed by atoms with Gasteiger partial charge in [0, 0.05) is 35.3 Å². The molecule has 33 heavy (non-hydrogen) atoms. The molecule has 174 valence electrons. The molecule has 0 unspecified atom stereocenters. The van der Waals surface area contributed by atoms with Gasteiger partial charge in [-0.1, -0.05) is 38.0 Å². The minimum absolute atomic E-state index is 0.392. The number of nitrogen functional groups attached to an aromatic ring is 1. The summed E-state index contributed by atoms with van der Waals surface area (Å²) in [4.78, 5) is 7.38. The van der Waals surface area contributed by atoms with Gasteiger partial charge in [-0.05, 0) is 43.4 Å². The van der Waals surface area contributed by atoms with Crippen molar-refractivity contribution in [3.63, 3.8) is 0 Å². The molecule has 2 heterocycles. The van der Waals surface area contributed by atoms with Crippen LogP contribution in [0, 0.1) is 0 Å². The third-order valence-corrected chi connectivity index (χ3v) is 7.71. The molecule has 6 nitrogen and oxygen atoms in total. The van der Waals surface area contributed by atoms with Crippen LogP contribution >= 0.6 is 23.1 Å². The average molecular weight is 481 g/mol. The van der Waals surface area contributed by atoms with Crippen LogP contribution in [0.1, 0.15) is 54.1 Å². The second kappa shape index (κ2) is 10.9. The number of thiophene rings is 1. The summed E-state index contributed by atoms with van der Waals surface area (Å²) in [5.41, 5.74) is 8.86. The Morgan fingerprint density at radius 1 is 1.21 bits per heavy atom. The predicted molar refractivity (Wildman–Crippen MR) is 142 cm³/mol. The number of nitrogens with one attached hydrogen (secondary N) is 2. The topological polar surface area (TPSA) is 80.3 Å². The van der Waals surface area contributed by atoms with Crippen molar-refractivity contribution in [2.24, 2.45) is 4.99 Å². The van der Waals surface area contributed by atoms with Gasteiger partial charge in [0.1, 0.15) is 5.84 Å². The Hall–Kier alpha value is -2.71. The molecule has 0 aliphatic heterocycles. The summed E-state index contributed by atoms with van der Waals surface area (Å²) in [7, 11) is 1.92. The van der Waals surface area contributed by atoms with Crippen LogP contribution in [0.5, 0.6) is 0 Å². The molecule has 2 aromatic heterocycles. The van der Waals surface area contributed by atoms with Crippen LogP contribution in [0.25, 0.3) is 5.70 Å². The number of nitrogens with zero attached hydrogens (tertiary/aromatic N) is 3. The molecule has 1 aliphatic carbocycles. The summed E-state index contributed by atoms with van der Waals surface area (Å²) in [6.07, 6.45) is 10.1. The van der Waals surface area contributed by atoms with Crippen molar-refractivity contribution < 1.29 is 0 Å². The van der Waals surface area contributed by atoms with E-state index in [0.29, 0.717) is 12.6 Å². The fourth-order valence-electron chi connectivity index (χ4n) is 4.16. The maximum Gasteiger partial charge on any atom is 0.158 e. The molecule has 0 atom stereocenters. The maximum absolute atomic E-state index is 5.89. The van der Waals surface area contributed by atoms with Crippen molar-refractivity contribution in [1.29, 1.82) is 0 Å². The van der Waals surface area contributed by atoms with Crippen LogP contribution in [-0.2, 0) is 6.54 Å². The van der Waals surface area contributed by atoms with Crippen LogP contribution in [-0.4, -0.2) is 28.9 Å². The van der Waals surface area contributed by atoms with Gasteiger partial charge in [-0.2, -0.15) is 5.10 Å². The highest BCUT2D eigenvalue weighted by Gasteiger charge is 2.21. The lowest BCUT2D eigenvalue weighted by Crippen LogP contribution is -2.21. The second-order valence-corrected chi connectivity index (χ2v) is 10.2. The molecule has 1 aromatic carbocycles. The molecule has 1 aliphatic rings. The zero-order valence-electron chi connectivity index (χ0n) is 19.3. The molecule has 8 heteroatoms. The van der Waals surface area contributed by atoms with Gasteiger partial charge in [-0.25, -0.2) is 9.67 Å². The highest BCUT2D eigenvalue weighted by atomic mass is 32.2. The number of nitrogens with two attached hydrogens (primary N) is 1. The highest BCUT2D eigenvalue weighted by Crippen LogP contribution is 2.33. The number of anilines is 1. The van der Waals surface area contributed by atoms with Crippen molar-refractivity contribution in [3.05, 3.63) is 65.2 Å². The van der Waals surface area contributed by atoms with E-state index in [2.05, 4.69) is 52.4 Å². The quantitative estimate of drug-likeness (QED) is 0.215. The molecule has 4 rings (SSSR count). The Labute approximate surface area is 204 Å². The molecule has 4 N–H and O–H groups in total. The smallest absolute Gasteiger partial charge is 0.158 e. The second-order valence-electron chi connectivity index (χ2n) is 8.20. The lowest BCUT2D eigenvalue weighted by molar-refractivity contribution is 0.332. The van der Waals surface area contributed by atoms with Crippen LogP contribution in [0.3, 0.4) is 0 Å². The molecule has 0 bridgehead atoms. The van der Waals surface area contributed by atoms with Gasteiger partial charge in [0.25, 0.3) is 0 Å². The summed E-state index contributed by atoms with van der Waals surface area (Å²) >= 11 is 3.27. The van der Waals surface area contributed by atoms with E-state index in [0.717, 1.165) is 51.2 Å². The third-order valence-electron chi connectivity index (χ3n) is 6.00. The van der Waals surface area contributed by atoms with E-state index in [1.165, 1.54) is 35.5 Å². The molecule has 0 saturated heterocycles. The summed E-state index contributed by atoms with van der Waals surface area (Å²) in [5.74, 6) is 1.75. The number of amidine groups is 1. The molecular weight excluding hydrogens is 448 g/mol. The largest absolute Gasteiger partial charge is 0.391 e. The Morgan fingerprint density at radius 3 is 2.61 bits per heavy atom. The standard InChI is InChI=1S/C25H32N6S2/c1-17(22-13-14-23(26)33-22)28-15-19-16-29-31(20-7-5-4-6-8-20)25(19)30-24(27-2)18-9-11-21(32-3)12-10-18/h9-14,16,20,28H,1,4-8,15,26H2,2-3H3,(H,27,30). The first kappa shape index (κ1) is 23.4. The normalized spacial score (nSPS) is 14.9. The lowest BCUT2D eigenvalue weighted by atomic mass is 9.95. The molecular formula is C25H32N6S2. The van der Waals surface area contributed by atoms with E-state index in [1.54, 1.807) is 11.8 Å². The van der Waals surface area contributed by atoms with Crippen LogP contribution in [0.2, 0.25) is 0 Å². The maximum atomic E-state index is 5.89. The fraction of sp³-hybridized carbons (Fsp3) is 0.360. The van der Waals surface area contributed by atoms with Gasteiger partial charge in [0.2, 0.25) is 0 Å². The van der Waals surface area contributed by atoms with Gasteiger partial charge in [0.15, 0.2) is 5.82 Å². The number of aliphatic imine (C=N–C) groups is 1. The van der Waals surface area contributed by atoms with Gasteiger partial charge in [-0.3, -0.25) is 0 Å². The number of hydrogen-bond acceptors (Lipinski definition) is 6. The van der Waals surface area contributed by atoms with Gasteiger partial charge in [-0.15, -0.1) is 23.1 Å². The third kappa shape index (κ3) is 5.62. The monoisotopic (exact) mass is 480 g/mol.